The van der Waals surface area contributed by atoms with E-state index in [9.17, 15) is 10.2 Å². The zero-order valence-electron chi connectivity index (χ0n) is 6.70. The Morgan fingerprint density at radius 2 is 2.25 bits per heavy atom. The number of hydrogen-bond donors (Lipinski definition) is 2. The van der Waals surface area contributed by atoms with Gasteiger partial charge in [-0.25, -0.2) is 0 Å². The van der Waals surface area contributed by atoms with Gasteiger partial charge in [0.1, 0.15) is 6.10 Å². The normalized spacial score (nSPS) is 16.0. The van der Waals surface area contributed by atoms with Crippen LogP contribution in [0.4, 0.5) is 0 Å². The van der Waals surface area contributed by atoms with Crippen molar-refractivity contribution in [3.05, 3.63) is 21.9 Å². The number of rotatable bonds is 3. The van der Waals surface area contributed by atoms with Gasteiger partial charge in [0.15, 0.2) is 0 Å². The highest BCUT2D eigenvalue weighted by molar-refractivity contribution is 7.10. The van der Waals surface area contributed by atoms with Crippen LogP contribution in [0.25, 0.3) is 0 Å². The molecule has 0 saturated carbocycles. The molecule has 1 aromatic heterocycles. The van der Waals surface area contributed by atoms with Crippen molar-refractivity contribution in [2.75, 3.05) is 5.88 Å². The maximum Gasteiger partial charge on any atom is 0.107 e. The molecule has 0 saturated heterocycles. The lowest BCUT2D eigenvalue weighted by atomic mass is 10.1. The average Bonchev–Trinajstić information content (AvgIpc) is 2.49. The summed E-state index contributed by atoms with van der Waals surface area (Å²) < 4.78 is 0. The minimum absolute atomic E-state index is 0.0516. The minimum Gasteiger partial charge on any atom is -0.389 e. The number of aryl methyl sites for hydroxylation is 1. The largest absolute Gasteiger partial charge is 0.389 e. The quantitative estimate of drug-likeness (QED) is 0.739. The Labute approximate surface area is 80.4 Å². The fourth-order valence-corrected chi connectivity index (χ4v) is 1.83. The molecule has 0 bridgehead atoms. The molecular weight excluding hydrogens is 196 g/mol. The number of aliphatic hydroxyl groups is 2. The molecule has 0 aliphatic carbocycles. The Morgan fingerprint density at radius 1 is 1.58 bits per heavy atom. The maximum absolute atomic E-state index is 9.47. The molecule has 1 rings (SSSR count). The zero-order chi connectivity index (χ0) is 9.14. The van der Waals surface area contributed by atoms with Gasteiger partial charge < -0.3 is 10.2 Å². The molecule has 0 fully saturated rings. The highest BCUT2D eigenvalue weighted by Crippen LogP contribution is 2.23. The van der Waals surface area contributed by atoms with Crippen molar-refractivity contribution in [1.82, 2.24) is 0 Å². The van der Waals surface area contributed by atoms with E-state index in [4.69, 9.17) is 11.6 Å². The van der Waals surface area contributed by atoms with E-state index >= 15 is 0 Å². The van der Waals surface area contributed by atoms with Crippen molar-refractivity contribution in [3.8, 4) is 0 Å². The van der Waals surface area contributed by atoms with Gasteiger partial charge >= 0.3 is 0 Å². The Morgan fingerprint density at radius 3 is 2.67 bits per heavy atom. The zero-order valence-corrected chi connectivity index (χ0v) is 8.27. The molecule has 1 aromatic rings. The van der Waals surface area contributed by atoms with Crippen molar-refractivity contribution >= 4 is 22.9 Å². The first kappa shape index (κ1) is 9.99. The summed E-state index contributed by atoms with van der Waals surface area (Å²) in [5, 5.41) is 20.5. The van der Waals surface area contributed by atoms with Crippen molar-refractivity contribution in [2.45, 2.75) is 19.1 Å². The van der Waals surface area contributed by atoms with E-state index in [-0.39, 0.29) is 5.88 Å². The van der Waals surface area contributed by atoms with Crippen LogP contribution in [0.5, 0.6) is 0 Å². The molecular formula is C8H11ClO2S. The highest BCUT2D eigenvalue weighted by Gasteiger charge is 2.17. The summed E-state index contributed by atoms with van der Waals surface area (Å²) in [6, 6.07) is 1.85. The standard InChI is InChI=1S/C8H11ClO2S/c1-5-2-6(4-12-5)8(11)7(10)3-9/h2,4,7-8,10-11H,3H2,1H3. The van der Waals surface area contributed by atoms with E-state index in [0.29, 0.717) is 0 Å². The molecule has 0 amide bonds. The fraction of sp³-hybridized carbons (Fsp3) is 0.500. The van der Waals surface area contributed by atoms with Crippen LogP contribution < -0.4 is 0 Å². The van der Waals surface area contributed by atoms with Crippen molar-refractivity contribution in [2.24, 2.45) is 0 Å². The molecule has 0 aliphatic heterocycles. The lowest BCUT2D eigenvalue weighted by molar-refractivity contribution is 0.0330. The molecule has 2 nitrogen and oxygen atoms in total. The molecule has 68 valence electrons. The van der Waals surface area contributed by atoms with E-state index in [1.807, 2.05) is 18.4 Å². The van der Waals surface area contributed by atoms with Crippen LogP contribution in [0.15, 0.2) is 11.4 Å². The summed E-state index contributed by atoms with van der Waals surface area (Å²) >= 11 is 6.94. The van der Waals surface area contributed by atoms with Crippen molar-refractivity contribution in [3.63, 3.8) is 0 Å². The average molecular weight is 207 g/mol. The molecule has 2 atom stereocenters. The Hall–Kier alpha value is -0.0900. The molecule has 12 heavy (non-hydrogen) atoms. The van der Waals surface area contributed by atoms with Gasteiger partial charge in [-0.05, 0) is 23.9 Å². The third-order valence-corrected chi connectivity index (χ3v) is 2.81. The molecule has 0 aromatic carbocycles. The van der Waals surface area contributed by atoms with E-state index in [0.717, 1.165) is 10.4 Å². The first-order valence-electron chi connectivity index (χ1n) is 3.62. The van der Waals surface area contributed by atoms with Gasteiger partial charge in [-0.3, -0.25) is 0 Å². The number of halogens is 1. The summed E-state index contributed by atoms with van der Waals surface area (Å²) in [4.78, 5) is 1.12. The van der Waals surface area contributed by atoms with Crippen LogP contribution >= 0.6 is 22.9 Å². The van der Waals surface area contributed by atoms with Crippen molar-refractivity contribution in [1.29, 1.82) is 0 Å². The number of thiophene rings is 1. The maximum atomic E-state index is 9.47. The summed E-state index contributed by atoms with van der Waals surface area (Å²) in [7, 11) is 0. The third kappa shape index (κ3) is 2.20. The van der Waals surface area contributed by atoms with E-state index in [1.54, 1.807) is 11.3 Å². The van der Waals surface area contributed by atoms with E-state index < -0.39 is 12.2 Å². The van der Waals surface area contributed by atoms with Gasteiger partial charge in [0.2, 0.25) is 0 Å². The predicted octanol–water partition coefficient (Wildman–Crippen LogP) is 1.69. The second-order valence-electron chi connectivity index (χ2n) is 2.66. The molecule has 2 unspecified atom stereocenters. The van der Waals surface area contributed by atoms with Crippen LogP contribution in [-0.2, 0) is 0 Å². The number of hydrogen-bond acceptors (Lipinski definition) is 3. The molecule has 0 aliphatic rings. The lowest BCUT2D eigenvalue weighted by Gasteiger charge is -2.13. The minimum atomic E-state index is -0.874. The van der Waals surface area contributed by atoms with Gasteiger partial charge in [0.25, 0.3) is 0 Å². The van der Waals surface area contributed by atoms with Crippen molar-refractivity contribution < 1.29 is 10.2 Å². The van der Waals surface area contributed by atoms with Crippen LogP contribution in [0, 0.1) is 6.92 Å². The first-order valence-corrected chi connectivity index (χ1v) is 5.03. The lowest BCUT2D eigenvalue weighted by Crippen LogP contribution is -2.18. The summed E-state index contributed by atoms with van der Waals surface area (Å²) in [6.07, 6.45) is -1.73. The summed E-state index contributed by atoms with van der Waals surface area (Å²) in [6.45, 7) is 1.95. The second-order valence-corrected chi connectivity index (χ2v) is 4.08. The number of alkyl halides is 1. The Kier molecular flexibility index (Phi) is 3.53. The topological polar surface area (TPSA) is 40.5 Å². The van der Waals surface area contributed by atoms with E-state index in [2.05, 4.69) is 0 Å². The van der Waals surface area contributed by atoms with Crippen LogP contribution in [0.3, 0.4) is 0 Å². The molecule has 1 heterocycles. The monoisotopic (exact) mass is 206 g/mol. The van der Waals surface area contributed by atoms with Gasteiger partial charge in [0.05, 0.1) is 12.0 Å². The third-order valence-electron chi connectivity index (χ3n) is 1.61. The van der Waals surface area contributed by atoms with Gasteiger partial charge in [-0.1, -0.05) is 0 Å². The smallest absolute Gasteiger partial charge is 0.107 e. The summed E-state index contributed by atoms with van der Waals surface area (Å²) in [5.74, 6) is 0.0516. The molecule has 2 N–H and O–H groups in total. The molecule has 4 heteroatoms. The molecule has 0 radical (unpaired) electrons. The van der Waals surface area contributed by atoms with Gasteiger partial charge in [-0.2, -0.15) is 0 Å². The van der Waals surface area contributed by atoms with Crippen LogP contribution in [0.1, 0.15) is 16.5 Å². The second kappa shape index (κ2) is 4.23. The highest BCUT2D eigenvalue weighted by atomic mass is 35.5. The van der Waals surface area contributed by atoms with Gasteiger partial charge in [-0.15, -0.1) is 22.9 Å². The summed E-state index contributed by atoms with van der Waals surface area (Å²) in [5.41, 5.74) is 0.741. The first-order chi connectivity index (χ1) is 5.65. The fourth-order valence-electron chi connectivity index (χ4n) is 0.925. The predicted molar refractivity (Wildman–Crippen MR) is 50.7 cm³/mol. The SMILES string of the molecule is Cc1cc(C(O)C(O)CCl)cs1. The van der Waals surface area contributed by atoms with E-state index in [1.165, 1.54) is 0 Å². The van der Waals surface area contributed by atoms with Gasteiger partial charge in [0, 0.05) is 4.88 Å². The van der Waals surface area contributed by atoms with Crippen LogP contribution in [-0.4, -0.2) is 22.2 Å². The molecule has 0 spiro atoms. The Balaban J connectivity index is 2.70. The Bertz CT molecular complexity index is 249. The van der Waals surface area contributed by atoms with Crippen LogP contribution in [0.2, 0.25) is 0 Å². The number of aliphatic hydroxyl groups excluding tert-OH is 2.